The second-order valence-corrected chi connectivity index (χ2v) is 6.20. The topological polar surface area (TPSA) is 84.8 Å². The van der Waals surface area contributed by atoms with E-state index in [0.29, 0.717) is 29.4 Å². The smallest absolute Gasteiger partial charge is 0.341 e. The van der Waals surface area contributed by atoms with Crippen molar-refractivity contribution >= 4 is 22.8 Å². The number of fused-ring (bicyclic) bond motifs is 1. The first-order valence-electron chi connectivity index (χ1n) is 8.61. The number of furan rings is 1. The number of nitrogens with zero attached hydrogens (tertiary/aromatic N) is 1. The van der Waals surface area contributed by atoms with Crippen molar-refractivity contribution in [3.05, 3.63) is 53.1 Å². The van der Waals surface area contributed by atoms with Gasteiger partial charge in [-0.25, -0.2) is 4.79 Å². The molecule has 0 atom stereocenters. The summed E-state index contributed by atoms with van der Waals surface area (Å²) in [6.07, 6.45) is 0. The largest absolute Gasteiger partial charge is 0.494 e. The fourth-order valence-corrected chi connectivity index (χ4v) is 2.92. The SMILES string of the molecule is CCOc1ccc2cc(C(=O)N(C)Cc3cc(C(=O)OC)c(C)o3)[nH]c2c1. The molecule has 0 aliphatic carbocycles. The summed E-state index contributed by atoms with van der Waals surface area (Å²) in [4.78, 5) is 29.1. The van der Waals surface area contributed by atoms with Crippen molar-refractivity contribution in [3.8, 4) is 5.75 Å². The maximum atomic E-state index is 12.7. The third kappa shape index (κ3) is 3.81. The van der Waals surface area contributed by atoms with Gasteiger partial charge in [-0.2, -0.15) is 0 Å². The molecule has 0 saturated heterocycles. The number of benzene rings is 1. The number of nitrogens with one attached hydrogen (secondary N) is 1. The molecule has 7 nitrogen and oxygen atoms in total. The summed E-state index contributed by atoms with van der Waals surface area (Å²) >= 11 is 0. The van der Waals surface area contributed by atoms with Gasteiger partial charge in [0, 0.05) is 24.0 Å². The Morgan fingerprint density at radius 1 is 1.22 bits per heavy atom. The van der Waals surface area contributed by atoms with Crippen molar-refractivity contribution in [1.29, 1.82) is 0 Å². The maximum absolute atomic E-state index is 12.7. The minimum Gasteiger partial charge on any atom is -0.494 e. The number of hydrogen-bond donors (Lipinski definition) is 1. The van der Waals surface area contributed by atoms with E-state index in [-0.39, 0.29) is 12.5 Å². The number of rotatable bonds is 6. The fourth-order valence-electron chi connectivity index (χ4n) is 2.92. The van der Waals surface area contributed by atoms with Crippen LogP contribution in [0.3, 0.4) is 0 Å². The summed E-state index contributed by atoms with van der Waals surface area (Å²) in [5.41, 5.74) is 1.67. The molecule has 3 rings (SSSR count). The minimum absolute atomic E-state index is 0.183. The predicted octanol–water partition coefficient (Wildman–Crippen LogP) is 3.53. The average molecular weight is 370 g/mol. The van der Waals surface area contributed by atoms with Crippen LogP contribution in [0.2, 0.25) is 0 Å². The quantitative estimate of drug-likeness (QED) is 0.671. The van der Waals surface area contributed by atoms with E-state index in [1.165, 1.54) is 12.0 Å². The van der Waals surface area contributed by atoms with Crippen LogP contribution in [0.4, 0.5) is 0 Å². The van der Waals surface area contributed by atoms with Crippen molar-refractivity contribution in [2.24, 2.45) is 0 Å². The van der Waals surface area contributed by atoms with E-state index in [1.54, 1.807) is 26.1 Å². The molecule has 0 radical (unpaired) electrons. The first-order valence-corrected chi connectivity index (χ1v) is 8.61. The van der Waals surface area contributed by atoms with Crippen LogP contribution < -0.4 is 4.74 Å². The number of esters is 1. The Morgan fingerprint density at radius 2 is 2.00 bits per heavy atom. The normalized spacial score (nSPS) is 10.8. The minimum atomic E-state index is -0.461. The zero-order valence-electron chi connectivity index (χ0n) is 15.8. The van der Waals surface area contributed by atoms with Crippen molar-refractivity contribution in [2.75, 3.05) is 20.8 Å². The second-order valence-electron chi connectivity index (χ2n) is 6.20. The Morgan fingerprint density at radius 3 is 2.70 bits per heavy atom. The highest BCUT2D eigenvalue weighted by atomic mass is 16.5. The summed E-state index contributed by atoms with van der Waals surface area (Å²) < 4.78 is 15.8. The Bertz CT molecular complexity index is 986. The number of ether oxygens (including phenoxy) is 2. The number of amides is 1. The van der Waals surface area contributed by atoms with Gasteiger partial charge in [-0.3, -0.25) is 4.79 Å². The molecule has 7 heteroatoms. The Kier molecular flexibility index (Phi) is 5.21. The first kappa shape index (κ1) is 18.6. The molecule has 0 unspecified atom stereocenters. The second kappa shape index (κ2) is 7.57. The van der Waals surface area contributed by atoms with Gasteiger partial charge in [0.2, 0.25) is 0 Å². The number of carbonyl (C=O) groups excluding carboxylic acids is 2. The molecule has 0 aliphatic heterocycles. The van der Waals surface area contributed by atoms with E-state index in [4.69, 9.17) is 13.9 Å². The molecule has 1 N–H and O–H groups in total. The summed E-state index contributed by atoms with van der Waals surface area (Å²) in [5, 5.41) is 0.928. The Hall–Kier alpha value is -3.22. The van der Waals surface area contributed by atoms with E-state index in [0.717, 1.165) is 16.7 Å². The molecular formula is C20H22N2O5. The third-order valence-corrected chi connectivity index (χ3v) is 4.25. The van der Waals surface area contributed by atoms with Gasteiger partial charge in [0.1, 0.15) is 28.5 Å². The van der Waals surface area contributed by atoms with Crippen LogP contribution in [0.1, 0.15) is 39.3 Å². The van der Waals surface area contributed by atoms with Crippen LogP contribution in [-0.4, -0.2) is 42.5 Å². The van der Waals surface area contributed by atoms with Crippen molar-refractivity contribution in [1.82, 2.24) is 9.88 Å². The number of aryl methyl sites for hydroxylation is 1. The molecule has 2 aromatic heterocycles. The molecule has 27 heavy (non-hydrogen) atoms. The molecule has 0 fully saturated rings. The number of hydrogen-bond acceptors (Lipinski definition) is 5. The highest BCUT2D eigenvalue weighted by Gasteiger charge is 2.19. The Labute approximate surface area is 156 Å². The van der Waals surface area contributed by atoms with Gasteiger partial charge >= 0.3 is 5.97 Å². The molecule has 3 aromatic rings. The summed E-state index contributed by atoms with van der Waals surface area (Å²) in [7, 11) is 2.99. The number of carbonyl (C=O) groups is 2. The average Bonchev–Trinajstić information content (AvgIpc) is 3.23. The first-order chi connectivity index (χ1) is 12.9. The molecule has 1 amide bonds. The highest BCUT2D eigenvalue weighted by Crippen LogP contribution is 2.23. The van der Waals surface area contributed by atoms with Gasteiger partial charge in [-0.1, -0.05) is 0 Å². The van der Waals surface area contributed by atoms with Crippen LogP contribution in [0, 0.1) is 6.92 Å². The van der Waals surface area contributed by atoms with Gasteiger partial charge in [0.15, 0.2) is 0 Å². The number of aromatic amines is 1. The molecule has 1 aromatic carbocycles. The van der Waals surface area contributed by atoms with Crippen molar-refractivity contribution in [3.63, 3.8) is 0 Å². The zero-order valence-corrected chi connectivity index (χ0v) is 15.8. The van der Waals surface area contributed by atoms with Crippen LogP contribution in [0.15, 0.2) is 34.7 Å². The highest BCUT2D eigenvalue weighted by molar-refractivity contribution is 5.98. The lowest BCUT2D eigenvalue weighted by Gasteiger charge is -2.14. The molecule has 142 valence electrons. The monoisotopic (exact) mass is 370 g/mol. The molecule has 0 spiro atoms. The van der Waals surface area contributed by atoms with Crippen LogP contribution in [0.25, 0.3) is 10.9 Å². The summed E-state index contributed by atoms with van der Waals surface area (Å²) in [5.74, 6) is 1.08. The maximum Gasteiger partial charge on any atom is 0.341 e. The van der Waals surface area contributed by atoms with Crippen molar-refractivity contribution < 1.29 is 23.5 Å². The van der Waals surface area contributed by atoms with Gasteiger partial charge in [-0.15, -0.1) is 0 Å². The van der Waals surface area contributed by atoms with Crippen LogP contribution in [-0.2, 0) is 11.3 Å². The summed E-state index contributed by atoms with van der Waals surface area (Å²) in [6, 6.07) is 9.06. The standard InChI is InChI=1S/C20H22N2O5/c1-5-26-14-7-6-13-8-18(21-17(13)10-14)19(23)22(3)11-15-9-16(12(2)27-15)20(24)25-4/h6-10,21H,5,11H2,1-4H3. The lowest BCUT2D eigenvalue weighted by molar-refractivity contribution is 0.0598. The van der Waals surface area contributed by atoms with E-state index < -0.39 is 5.97 Å². The van der Waals surface area contributed by atoms with Crippen LogP contribution >= 0.6 is 0 Å². The molecule has 0 aliphatic rings. The molecule has 0 saturated carbocycles. The summed E-state index contributed by atoms with van der Waals surface area (Å²) in [6.45, 7) is 4.42. The van der Waals surface area contributed by atoms with E-state index in [2.05, 4.69) is 4.98 Å². The van der Waals surface area contributed by atoms with E-state index >= 15 is 0 Å². The number of H-pyrrole nitrogens is 1. The van der Waals surface area contributed by atoms with Gasteiger partial charge < -0.3 is 23.8 Å². The molecule has 0 bridgehead atoms. The van der Waals surface area contributed by atoms with Crippen LogP contribution in [0.5, 0.6) is 5.75 Å². The fraction of sp³-hybridized carbons (Fsp3) is 0.300. The van der Waals surface area contributed by atoms with E-state index in [1.807, 2.05) is 25.1 Å². The van der Waals surface area contributed by atoms with Crippen molar-refractivity contribution in [2.45, 2.75) is 20.4 Å². The lowest BCUT2D eigenvalue weighted by atomic mass is 10.2. The molecular weight excluding hydrogens is 348 g/mol. The van der Waals surface area contributed by atoms with Gasteiger partial charge in [0.05, 0.1) is 20.3 Å². The Balaban J connectivity index is 1.77. The molecule has 2 heterocycles. The van der Waals surface area contributed by atoms with Gasteiger partial charge in [0.25, 0.3) is 5.91 Å². The van der Waals surface area contributed by atoms with E-state index in [9.17, 15) is 9.59 Å². The predicted molar refractivity (Wildman–Crippen MR) is 100 cm³/mol. The number of aromatic nitrogens is 1. The number of methoxy groups -OCH3 is 1. The lowest BCUT2D eigenvalue weighted by Crippen LogP contribution is -2.26. The zero-order chi connectivity index (χ0) is 19.6. The van der Waals surface area contributed by atoms with Gasteiger partial charge in [-0.05, 0) is 38.1 Å². The third-order valence-electron chi connectivity index (χ3n) is 4.25.